The van der Waals surface area contributed by atoms with Crippen LogP contribution in [0, 0.1) is 0 Å². The fourth-order valence-electron chi connectivity index (χ4n) is 7.86. The first-order chi connectivity index (χ1) is 22.0. The summed E-state index contributed by atoms with van der Waals surface area (Å²) in [5.41, 5.74) is 2.25. The number of nitrogens with zero attached hydrogens (tertiary/aromatic N) is 6. The molecule has 1 aromatic heterocycles. The first-order valence-corrected chi connectivity index (χ1v) is 16.9. The van der Waals surface area contributed by atoms with Gasteiger partial charge in [-0.15, -0.1) is 0 Å². The molecule has 3 atom stereocenters. The number of ether oxygens (including phenoxy) is 2. The molecule has 46 heavy (non-hydrogen) atoms. The van der Waals surface area contributed by atoms with E-state index in [0.717, 1.165) is 77.3 Å². The molecule has 1 amide bonds. The number of hydrogen-bond donors (Lipinski definition) is 0. The third-order valence-electron chi connectivity index (χ3n) is 10.1. The van der Waals surface area contributed by atoms with Crippen molar-refractivity contribution in [3.63, 3.8) is 0 Å². The molecule has 0 N–H and O–H groups in total. The summed E-state index contributed by atoms with van der Waals surface area (Å²) >= 11 is 6.73. The van der Waals surface area contributed by atoms with Crippen LogP contribution in [0.4, 0.5) is 20.7 Å². The van der Waals surface area contributed by atoms with E-state index in [9.17, 15) is 9.18 Å². The maximum atomic E-state index is 14.5. The Labute approximate surface area is 275 Å². The molecule has 5 heterocycles. The van der Waals surface area contributed by atoms with Crippen molar-refractivity contribution in [1.29, 1.82) is 0 Å². The molecule has 0 unspecified atom stereocenters. The van der Waals surface area contributed by atoms with Crippen LogP contribution in [0.3, 0.4) is 0 Å². The Morgan fingerprint density at radius 2 is 1.93 bits per heavy atom. The van der Waals surface area contributed by atoms with E-state index in [0.29, 0.717) is 45.2 Å². The van der Waals surface area contributed by atoms with Gasteiger partial charge in [0.2, 0.25) is 0 Å². The number of halogens is 2. The Hall–Kier alpha value is -3.37. The largest absolute Gasteiger partial charge is 0.461 e. The molecular weight excluding hydrogens is 607 g/mol. The SMILES string of the molecule is CN(c1nc(OC[C@@]23CCCN2C[C@H](F)C3)nc2c1CCN(c1cccc3cccc(Cl)c13)C2)[C@@H]1CCN(C(=O)OC(C)(C)C)C1. The molecule has 0 radical (unpaired) electrons. The van der Waals surface area contributed by atoms with Crippen LogP contribution in [0.1, 0.15) is 57.7 Å². The quantitative estimate of drug-likeness (QED) is 0.310. The smallest absolute Gasteiger partial charge is 0.410 e. The number of amides is 1. The van der Waals surface area contributed by atoms with Crippen LogP contribution in [-0.2, 0) is 17.7 Å². The number of fused-ring (bicyclic) bond motifs is 3. The van der Waals surface area contributed by atoms with Crippen LogP contribution in [-0.4, -0.2) is 95.6 Å². The lowest BCUT2D eigenvalue weighted by atomic mass is 9.95. The highest BCUT2D eigenvalue weighted by Gasteiger charge is 2.49. The van der Waals surface area contributed by atoms with Gasteiger partial charge in [0.15, 0.2) is 0 Å². The van der Waals surface area contributed by atoms with Gasteiger partial charge in [0, 0.05) is 62.3 Å². The van der Waals surface area contributed by atoms with Crippen LogP contribution in [0.5, 0.6) is 6.01 Å². The number of benzene rings is 2. The van der Waals surface area contributed by atoms with Crippen molar-refractivity contribution in [2.75, 3.05) is 56.2 Å². The zero-order chi connectivity index (χ0) is 32.2. The van der Waals surface area contributed by atoms with Crippen molar-refractivity contribution >= 4 is 40.0 Å². The fraction of sp³-hybridized carbons (Fsp3) is 0.571. The summed E-state index contributed by atoms with van der Waals surface area (Å²) in [6.07, 6.45) is 2.90. The number of likely N-dealkylation sites (tertiary alicyclic amines) is 1. The molecule has 3 aromatic rings. The van der Waals surface area contributed by atoms with Gasteiger partial charge in [0.25, 0.3) is 0 Å². The zero-order valence-corrected chi connectivity index (χ0v) is 28.0. The molecule has 0 spiro atoms. The number of likely N-dealkylation sites (N-methyl/N-ethyl adjacent to an activating group) is 1. The van der Waals surface area contributed by atoms with E-state index in [1.54, 1.807) is 4.90 Å². The number of alkyl halides is 1. The maximum Gasteiger partial charge on any atom is 0.410 e. The molecule has 0 bridgehead atoms. The minimum Gasteiger partial charge on any atom is -0.461 e. The Bertz CT molecular complexity index is 1630. The van der Waals surface area contributed by atoms with Gasteiger partial charge >= 0.3 is 12.1 Å². The van der Waals surface area contributed by atoms with Gasteiger partial charge in [-0.25, -0.2) is 9.18 Å². The summed E-state index contributed by atoms with van der Waals surface area (Å²) in [5.74, 6) is 0.835. The summed E-state index contributed by atoms with van der Waals surface area (Å²) in [6.45, 7) is 9.95. The number of aromatic nitrogens is 2. The molecule has 3 fully saturated rings. The van der Waals surface area contributed by atoms with Crippen LogP contribution in [0.15, 0.2) is 36.4 Å². The van der Waals surface area contributed by atoms with Crippen LogP contribution in [0.2, 0.25) is 5.02 Å². The molecule has 0 aliphatic carbocycles. The van der Waals surface area contributed by atoms with E-state index in [1.807, 2.05) is 32.9 Å². The molecule has 3 saturated heterocycles. The molecule has 4 aliphatic heterocycles. The van der Waals surface area contributed by atoms with Crippen molar-refractivity contribution in [3.8, 4) is 6.01 Å². The standard InChI is InChI=1S/C35H44ClFN6O3/c1-34(2,3)46-33(44)42-16-12-25(20-42)40(4)31-26-13-17-41(29-11-6-9-23-8-5-10-27(36)30(23)29)21-28(26)38-32(39-31)45-22-35-14-7-15-43(35)19-24(37)18-35/h5-6,8-11,24-25H,7,12-22H2,1-4H3/t24-,25-,35+/m1/s1. The monoisotopic (exact) mass is 650 g/mol. The molecule has 7 rings (SSSR count). The fourth-order valence-corrected chi connectivity index (χ4v) is 8.14. The topological polar surface area (TPSA) is 74.3 Å². The lowest BCUT2D eigenvalue weighted by Crippen LogP contribution is -2.44. The number of anilines is 2. The lowest BCUT2D eigenvalue weighted by Gasteiger charge is -2.35. The Morgan fingerprint density at radius 3 is 2.74 bits per heavy atom. The summed E-state index contributed by atoms with van der Waals surface area (Å²) in [5, 5.41) is 2.86. The van der Waals surface area contributed by atoms with Gasteiger partial charge in [-0.05, 0) is 70.5 Å². The van der Waals surface area contributed by atoms with Crippen molar-refractivity contribution in [1.82, 2.24) is 19.8 Å². The van der Waals surface area contributed by atoms with Crippen LogP contribution < -0.4 is 14.5 Å². The second-order valence-corrected chi connectivity index (χ2v) is 14.8. The first kappa shape index (κ1) is 31.2. The van der Waals surface area contributed by atoms with Crippen molar-refractivity contribution in [2.24, 2.45) is 0 Å². The summed E-state index contributed by atoms with van der Waals surface area (Å²) in [7, 11) is 2.05. The first-order valence-electron chi connectivity index (χ1n) is 16.5. The van der Waals surface area contributed by atoms with E-state index in [1.165, 1.54) is 0 Å². The lowest BCUT2D eigenvalue weighted by molar-refractivity contribution is 0.0292. The van der Waals surface area contributed by atoms with E-state index in [-0.39, 0.29) is 17.7 Å². The van der Waals surface area contributed by atoms with Gasteiger partial charge in [-0.1, -0.05) is 35.9 Å². The van der Waals surface area contributed by atoms with Gasteiger partial charge in [-0.2, -0.15) is 9.97 Å². The van der Waals surface area contributed by atoms with Gasteiger partial charge in [0.05, 0.1) is 22.8 Å². The Kier molecular flexibility index (Phi) is 8.16. The van der Waals surface area contributed by atoms with E-state index < -0.39 is 11.8 Å². The summed E-state index contributed by atoms with van der Waals surface area (Å²) < 4.78 is 26.6. The highest BCUT2D eigenvalue weighted by atomic mass is 35.5. The molecule has 246 valence electrons. The minimum absolute atomic E-state index is 0.0697. The zero-order valence-electron chi connectivity index (χ0n) is 27.3. The number of hydrogen-bond acceptors (Lipinski definition) is 8. The average Bonchev–Trinajstić information content (AvgIpc) is 3.73. The predicted molar refractivity (Wildman–Crippen MR) is 179 cm³/mol. The van der Waals surface area contributed by atoms with E-state index >= 15 is 0 Å². The number of rotatable bonds is 6. The molecule has 9 nitrogen and oxygen atoms in total. The third-order valence-corrected chi connectivity index (χ3v) is 10.4. The minimum atomic E-state index is -0.827. The van der Waals surface area contributed by atoms with E-state index in [4.69, 9.17) is 31.0 Å². The van der Waals surface area contributed by atoms with Gasteiger partial charge in [-0.3, -0.25) is 4.90 Å². The van der Waals surface area contributed by atoms with Crippen LogP contribution >= 0.6 is 11.6 Å². The summed E-state index contributed by atoms with van der Waals surface area (Å²) in [4.78, 5) is 31.4. The molecule has 2 aromatic carbocycles. The second-order valence-electron chi connectivity index (χ2n) is 14.4. The highest BCUT2D eigenvalue weighted by Crippen LogP contribution is 2.41. The second kappa shape index (κ2) is 12.0. The maximum absolute atomic E-state index is 14.5. The number of carbonyl (C=O) groups is 1. The van der Waals surface area contributed by atoms with Gasteiger partial charge in [0.1, 0.15) is 24.2 Å². The Balaban J connectivity index is 1.19. The van der Waals surface area contributed by atoms with E-state index in [2.05, 4.69) is 46.0 Å². The van der Waals surface area contributed by atoms with Crippen LogP contribution in [0.25, 0.3) is 10.8 Å². The van der Waals surface area contributed by atoms with Gasteiger partial charge < -0.3 is 24.2 Å². The summed E-state index contributed by atoms with van der Waals surface area (Å²) in [6, 6.07) is 12.7. The van der Waals surface area contributed by atoms with Crippen molar-refractivity contribution in [3.05, 3.63) is 52.7 Å². The molecule has 0 saturated carbocycles. The highest BCUT2D eigenvalue weighted by molar-refractivity contribution is 6.36. The normalized spacial score (nSPS) is 24.7. The molecule has 4 aliphatic rings. The molecular formula is C35H44ClFN6O3. The molecule has 11 heteroatoms. The predicted octanol–water partition coefficient (Wildman–Crippen LogP) is 6.25. The third kappa shape index (κ3) is 5.94. The van der Waals surface area contributed by atoms with Crippen molar-refractivity contribution in [2.45, 2.75) is 82.8 Å². The Morgan fingerprint density at radius 1 is 1.13 bits per heavy atom. The average molecular weight is 651 g/mol. The van der Waals surface area contributed by atoms with Crippen molar-refractivity contribution < 1.29 is 18.7 Å². The number of carbonyl (C=O) groups excluding carboxylic acids is 1.